The van der Waals surface area contributed by atoms with Gasteiger partial charge in [-0.2, -0.15) is 5.10 Å². The van der Waals surface area contributed by atoms with E-state index in [1.54, 1.807) is 0 Å². The second-order valence-corrected chi connectivity index (χ2v) is 5.99. The summed E-state index contributed by atoms with van der Waals surface area (Å²) in [6.45, 7) is 8.15. The number of carbonyl (C=O) groups excluding carboxylic acids is 1. The van der Waals surface area contributed by atoms with Crippen molar-refractivity contribution in [3.8, 4) is 0 Å². The van der Waals surface area contributed by atoms with E-state index in [1.807, 2.05) is 32.0 Å². The number of fused-ring (bicyclic) bond motifs is 1. The molecule has 3 aromatic rings. The van der Waals surface area contributed by atoms with Gasteiger partial charge in [-0.25, -0.2) is 0 Å². The van der Waals surface area contributed by atoms with Gasteiger partial charge in [-0.3, -0.25) is 9.89 Å². The number of aromatic amines is 2. The van der Waals surface area contributed by atoms with E-state index in [0.717, 1.165) is 22.2 Å². The molecule has 0 radical (unpaired) electrons. The molecule has 0 saturated heterocycles. The Hall–Kier alpha value is -2.56. The van der Waals surface area contributed by atoms with Gasteiger partial charge in [0.25, 0.3) is 5.91 Å². The van der Waals surface area contributed by atoms with Crippen LogP contribution >= 0.6 is 0 Å². The van der Waals surface area contributed by atoms with E-state index in [1.165, 1.54) is 5.56 Å². The van der Waals surface area contributed by atoms with Crippen molar-refractivity contribution < 1.29 is 4.79 Å². The number of rotatable bonds is 3. The van der Waals surface area contributed by atoms with E-state index in [4.69, 9.17) is 0 Å². The molecule has 2 aromatic heterocycles. The highest BCUT2D eigenvalue weighted by atomic mass is 16.2. The molecule has 22 heavy (non-hydrogen) atoms. The Morgan fingerprint density at radius 2 is 2.00 bits per heavy atom. The maximum Gasteiger partial charge on any atom is 0.273 e. The summed E-state index contributed by atoms with van der Waals surface area (Å²) in [6.07, 6.45) is 0. The van der Waals surface area contributed by atoms with Crippen LogP contribution in [0.2, 0.25) is 0 Å². The van der Waals surface area contributed by atoms with Crippen LogP contribution in [0, 0.1) is 13.8 Å². The number of hydrogen-bond acceptors (Lipinski definition) is 2. The summed E-state index contributed by atoms with van der Waals surface area (Å²) in [6, 6.07) is 7.98. The van der Waals surface area contributed by atoms with Crippen LogP contribution in [0.15, 0.2) is 24.3 Å². The first-order valence-electron chi connectivity index (χ1n) is 7.41. The number of nitrogens with zero attached hydrogens (tertiary/aromatic N) is 1. The highest BCUT2D eigenvalue weighted by Gasteiger charge is 2.16. The summed E-state index contributed by atoms with van der Waals surface area (Å²) >= 11 is 0. The maximum atomic E-state index is 12.5. The first-order chi connectivity index (χ1) is 10.5. The molecule has 2 heterocycles. The number of benzene rings is 1. The van der Waals surface area contributed by atoms with Gasteiger partial charge in [0.15, 0.2) is 5.82 Å². The van der Waals surface area contributed by atoms with Gasteiger partial charge < -0.3 is 10.3 Å². The van der Waals surface area contributed by atoms with E-state index in [0.29, 0.717) is 17.4 Å². The van der Waals surface area contributed by atoms with Crippen LogP contribution < -0.4 is 5.32 Å². The Balaban J connectivity index is 1.90. The minimum absolute atomic E-state index is 0.173. The molecule has 0 atom stereocenters. The molecular weight excluding hydrogens is 276 g/mol. The number of nitrogens with one attached hydrogen (secondary N) is 3. The molecule has 114 valence electrons. The van der Waals surface area contributed by atoms with Crippen molar-refractivity contribution >= 4 is 22.6 Å². The molecule has 0 aliphatic rings. The summed E-state index contributed by atoms with van der Waals surface area (Å²) in [5.74, 6) is 0.715. The van der Waals surface area contributed by atoms with E-state index >= 15 is 0 Å². The minimum Gasteiger partial charge on any atom is -0.350 e. The summed E-state index contributed by atoms with van der Waals surface area (Å²) < 4.78 is 0. The molecule has 3 rings (SSSR count). The largest absolute Gasteiger partial charge is 0.350 e. The van der Waals surface area contributed by atoms with Gasteiger partial charge in [-0.15, -0.1) is 0 Å². The molecule has 0 aliphatic heterocycles. The third-order valence-corrected chi connectivity index (χ3v) is 3.90. The summed E-state index contributed by atoms with van der Waals surface area (Å²) in [7, 11) is 0. The molecule has 3 N–H and O–H groups in total. The van der Waals surface area contributed by atoms with E-state index in [-0.39, 0.29) is 5.91 Å². The second-order valence-electron chi connectivity index (χ2n) is 5.99. The number of amides is 1. The van der Waals surface area contributed by atoms with Gasteiger partial charge in [0.1, 0.15) is 5.69 Å². The summed E-state index contributed by atoms with van der Waals surface area (Å²) in [4.78, 5) is 15.7. The van der Waals surface area contributed by atoms with Gasteiger partial charge >= 0.3 is 0 Å². The highest BCUT2D eigenvalue weighted by Crippen LogP contribution is 2.23. The highest BCUT2D eigenvalue weighted by molar-refractivity contribution is 6.07. The topological polar surface area (TPSA) is 73.6 Å². The molecule has 0 unspecified atom stereocenters. The zero-order valence-electron chi connectivity index (χ0n) is 13.2. The minimum atomic E-state index is -0.173. The number of aryl methyl sites for hydroxylation is 2. The molecule has 1 amide bonds. The van der Waals surface area contributed by atoms with Crippen LogP contribution in [0.1, 0.15) is 47.1 Å². The lowest BCUT2D eigenvalue weighted by Crippen LogP contribution is -2.13. The lowest BCUT2D eigenvalue weighted by Gasteiger charge is -2.01. The van der Waals surface area contributed by atoms with E-state index in [9.17, 15) is 4.79 Å². The SMILES string of the molecule is Cc1ccc2[nH]c(C(=O)Nc3cc(C(C)C)[nH]n3)c(C)c2c1. The molecular formula is C17H20N4O. The molecule has 0 bridgehead atoms. The number of anilines is 1. The normalized spacial score (nSPS) is 11.3. The van der Waals surface area contributed by atoms with Crippen LogP contribution in [0.25, 0.3) is 10.9 Å². The van der Waals surface area contributed by atoms with Crippen LogP contribution in [0.5, 0.6) is 0 Å². The third-order valence-electron chi connectivity index (χ3n) is 3.90. The Bertz CT molecular complexity index is 842. The quantitative estimate of drug-likeness (QED) is 0.686. The Morgan fingerprint density at radius 3 is 2.68 bits per heavy atom. The molecule has 0 spiro atoms. The Morgan fingerprint density at radius 1 is 1.23 bits per heavy atom. The lowest BCUT2D eigenvalue weighted by molar-refractivity contribution is 0.102. The van der Waals surface area contributed by atoms with Crippen molar-refractivity contribution in [3.63, 3.8) is 0 Å². The van der Waals surface area contributed by atoms with Crippen molar-refractivity contribution in [2.45, 2.75) is 33.6 Å². The second kappa shape index (κ2) is 5.33. The number of aromatic nitrogens is 3. The van der Waals surface area contributed by atoms with Gasteiger partial charge in [0.2, 0.25) is 0 Å². The predicted octanol–water partition coefficient (Wildman–Crippen LogP) is 3.88. The van der Waals surface area contributed by atoms with Crippen molar-refractivity contribution in [2.75, 3.05) is 5.32 Å². The van der Waals surface area contributed by atoms with E-state index < -0.39 is 0 Å². The maximum absolute atomic E-state index is 12.5. The average molecular weight is 296 g/mol. The number of carbonyl (C=O) groups is 1. The van der Waals surface area contributed by atoms with Crippen molar-refractivity contribution in [2.24, 2.45) is 0 Å². The Kier molecular flexibility index (Phi) is 3.48. The zero-order valence-corrected chi connectivity index (χ0v) is 13.2. The smallest absolute Gasteiger partial charge is 0.273 e. The predicted molar refractivity (Wildman–Crippen MR) is 88.4 cm³/mol. The van der Waals surface area contributed by atoms with Crippen LogP contribution in [0.4, 0.5) is 5.82 Å². The number of hydrogen-bond donors (Lipinski definition) is 3. The molecule has 0 aliphatic carbocycles. The first kappa shape index (κ1) is 14.4. The fourth-order valence-electron chi connectivity index (χ4n) is 2.54. The van der Waals surface area contributed by atoms with Gasteiger partial charge in [0.05, 0.1) is 0 Å². The fourth-order valence-corrected chi connectivity index (χ4v) is 2.54. The Labute approximate surface area is 129 Å². The van der Waals surface area contributed by atoms with Crippen LogP contribution in [0.3, 0.4) is 0 Å². The lowest BCUT2D eigenvalue weighted by atomic mass is 10.1. The monoisotopic (exact) mass is 296 g/mol. The molecule has 0 fully saturated rings. The molecule has 5 heteroatoms. The van der Waals surface area contributed by atoms with Gasteiger partial charge in [-0.05, 0) is 37.5 Å². The van der Waals surface area contributed by atoms with Crippen LogP contribution in [-0.4, -0.2) is 21.1 Å². The molecule has 0 saturated carbocycles. The standard InChI is InChI=1S/C17H20N4O/c1-9(2)14-8-15(21-20-14)19-17(22)16-11(4)12-7-10(3)5-6-13(12)18-16/h5-9,18H,1-4H3,(H2,19,20,21,22). The molecule has 1 aromatic carbocycles. The molecule has 5 nitrogen and oxygen atoms in total. The van der Waals surface area contributed by atoms with Crippen LogP contribution in [-0.2, 0) is 0 Å². The van der Waals surface area contributed by atoms with E-state index in [2.05, 4.69) is 40.4 Å². The summed E-state index contributed by atoms with van der Waals surface area (Å²) in [5, 5.41) is 11.0. The van der Waals surface area contributed by atoms with Gasteiger partial charge in [0, 0.05) is 22.7 Å². The average Bonchev–Trinajstić information content (AvgIpc) is 3.05. The zero-order chi connectivity index (χ0) is 15.9. The third kappa shape index (κ3) is 2.50. The summed E-state index contributed by atoms with van der Waals surface area (Å²) in [5.41, 5.74) is 4.68. The van der Waals surface area contributed by atoms with Gasteiger partial charge in [-0.1, -0.05) is 25.5 Å². The first-order valence-corrected chi connectivity index (χ1v) is 7.41. The van der Waals surface area contributed by atoms with Crippen molar-refractivity contribution in [1.29, 1.82) is 0 Å². The van der Waals surface area contributed by atoms with Crippen molar-refractivity contribution in [3.05, 3.63) is 46.8 Å². The number of H-pyrrole nitrogens is 2. The van der Waals surface area contributed by atoms with Crippen molar-refractivity contribution in [1.82, 2.24) is 15.2 Å². The fraction of sp³-hybridized carbons (Fsp3) is 0.294.